The SMILES string of the molecule is Cc1ccc(Oc2ccccc2)c(C(F)(F)F)c1. The van der Waals surface area contributed by atoms with Crippen molar-refractivity contribution in [1.29, 1.82) is 0 Å². The summed E-state index contributed by atoms with van der Waals surface area (Å²) in [5.74, 6) is 0.200. The maximum Gasteiger partial charge on any atom is 0.419 e. The zero-order valence-electron chi connectivity index (χ0n) is 9.66. The number of halogens is 3. The van der Waals surface area contributed by atoms with Crippen molar-refractivity contribution in [3.8, 4) is 11.5 Å². The van der Waals surface area contributed by atoms with Crippen LogP contribution >= 0.6 is 0 Å². The summed E-state index contributed by atoms with van der Waals surface area (Å²) >= 11 is 0. The van der Waals surface area contributed by atoms with Gasteiger partial charge in [0.25, 0.3) is 0 Å². The highest BCUT2D eigenvalue weighted by atomic mass is 19.4. The highest BCUT2D eigenvalue weighted by molar-refractivity contribution is 5.41. The molecule has 0 aliphatic heterocycles. The first-order valence-corrected chi connectivity index (χ1v) is 5.37. The number of alkyl halides is 3. The number of para-hydroxylation sites is 1. The molecule has 0 unspecified atom stereocenters. The third kappa shape index (κ3) is 2.83. The van der Waals surface area contributed by atoms with Crippen molar-refractivity contribution in [3.05, 3.63) is 59.7 Å². The van der Waals surface area contributed by atoms with Gasteiger partial charge in [0.15, 0.2) is 0 Å². The Morgan fingerprint density at radius 2 is 1.61 bits per heavy atom. The number of hydrogen-bond acceptors (Lipinski definition) is 1. The third-order valence-corrected chi connectivity index (χ3v) is 2.41. The van der Waals surface area contributed by atoms with E-state index in [-0.39, 0.29) is 5.75 Å². The van der Waals surface area contributed by atoms with Gasteiger partial charge in [-0.05, 0) is 31.2 Å². The van der Waals surface area contributed by atoms with Crippen molar-refractivity contribution in [3.63, 3.8) is 0 Å². The fourth-order valence-electron chi connectivity index (χ4n) is 1.57. The lowest BCUT2D eigenvalue weighted by Gasteiger charge is -2.14. The van der Waals surface area contributed by atoms with E-state index >= 15 is 0 Å². The normalized spacial score (nSPS) is 11.3. The zero-order valence-corrected chi connectivity index (χ0v) is 9.66. The van der Waals surface area contributed by atoms with Crippen LogP contribution in [0.4, 0.5) is 13.2 Å². The van der Waals surface area contributed by atoms with Crippen LogP contribution in [-0.2, 0) is 6.18 Å². The second-order valence-corrected chi connectivity index (χ2v) is 3.91. The molecule has 0 radical (unpaired) electrons. The summed E-state index contributed by atoms with van der Waals surface area (Å²) in [7, 11) is 0. The molecule has 4 heteroatoms. The lowest BCUT2D eigenvalue weighted by molar-refractivity contribution is -0.138. The molecule has 0 aliphatic rings. The molecule has 0 bridgehead atoms. The first-order chi connectivity index (χ1) is 8.47. The summed E-state index contributed by atoms with van der Waals surface area (Å²) in [6.07, 6.45) is -4.42. The largest absolute Gasteiger partial charge is 0.457 e. The lowest BCUT2D eigenvalue weighted by atomic mass is 10.1. The summed E-state index contributed by atoms with van der Waals surface area (Å²) in [5.41, 5.74) is -0.214. The minimum absolute atomic E-state index is 0.181. The minimum Gasteiger partial charge on any atom is -0.457 e. The fourth-order valence-corrected chi connectivity index (χ4v) is 1.57. The van der Waals surface area contributed by atoms with Crippen LogP contribution in [0.2, 0.25) is 0 Å². The lowest BCUT2D eigenvalue weighted by Crippen LogP contribution is -2.07. The standard InChI is InChI=1S/C14H11F3O/c1-10-7-8-13(12(9-10)14(15,16)17)18-11-5-3-2-4-6-11/h2-9H,1H3. The molecule has 0 heterocycles. The molecular formula is C14H11F3O. The van der Waals surface area contributed by atoms with Gasteiger partial charge in [0, 0.05) is 0 Å². The van der Waals surface area contributed by atoms with E-state index in [1.807, 2.05) is 0 Å². The Labute approximate surface area is 103 Å². The Morgan fingerprint density at radius 1 is 0.944 bits per heavy atom. The molecule has 2 rings (SSSR count). The molecule has 0 spiro atoms. The maximum absolute atomic E-state index is 12.9. The van der Waals surface area contributed by atoms with Gasteiger partial charge in [0.2, 0.25) is 0 Å². The van der Waals surface area contributed by atoms with E-state index in [4.69, 9.17) is 4.74 Å². The van der Waals surface area contributed by atoms with Crippen molar-refractivity contribution in [2.75, 3.05) is 0 Å². The van der Waals surface area contributed by atoms with E-state index in [9.17, 15) is 13.2 Å². The molecule has 0 atom stereocenters. The Bertz CT molecular complexity index is 532. The molecule has 0 aliphatic carbocycles. The Kier molecular flexibility index (Phi) is 3.28. The van der Waals surface area contributed by atoms with E-state index in [0.29, 0.717) is 11.3 Å². The Hall–Kier alpha value is -1.97. The van der Waals surface area contributed by atoms with E-state index in [0.717, 1.165) is 6.07 Å². The van der Waals surface area contributed by atoms with Crippen LogP contribution in [-0.4, -0.2) is 0 Å². The summed E-state index contributed by atoms with van der Waals surface area (Å²) in [5, 5.41) is 0. The first kappa shape index (κ1) is 12.5. The quantitative estimate of drug-likeness (QED) is 0.745. The molecule has 0 amide bonds. The van der Waals surface area contributed by atoms with Crippen LogP contribution in [0, 0.1) is 6.92 Å². The van der Waals surface area contributed by atoms with Gasteiger partial charge in [-0.15, -0.1) is 0 Å². The summed E-state index contributed by atoms with van der Waals surface area (Å²) in [4.78, 5) is 0. The van der Waals surface area contributed by atoms with Crippen LogP contribution < -0.4 is 4.74 Å². The highest BCUT2D eigenvalue weighted by Crippen LogP contribution is 2.38. The van der Waals surface area contributed by atoms with Gasteiger partial charge in [-0.25, -0.2) is 0 Å². The second-order valence-electron chi connectivity index (χ2n) is 3.91. The van der Waals surface area contributed by atoms with Gasteiger partial charge in [-0.1, -0.05) is 29.8 Å². The van der Waals surface area contributed by atoms with Crippen LogP contribution in [0.15, 0.2) is 48.5 Å². The first-order valence-electron chi connectivity index (χ1n) is 5.37. The van der Waals surface area contributed by atoms with Crippen LogP contribution in [0.1, 0.15) is 11.1 Å². The van der Waals surface area contributed by atoms with Gasteiger partial charge in [-0.3, -0.25) is 0 Å². The van der Waals surface area contributed by atoms with Crippen molar-refractivity contribution < 1.29 is 17.9 Å². The molecule has 0 N–H and O–H groups in total. The number of rotatable bonds is 2. The van der Waals surface area contributed by atoms with Crippen molar-refractivity contribution in [2.24, 2.45) is 0 Å². The third-order valence-electron chi connectivity index (χ3n) is 2.41. The molecule has 1 nitrogen and oxygen atoms in total. The molecule has 0 saturated heterocycles. The predicted octanol–water partition coefficient (Wildman–Crippen LogP) is 4.81. The van der Waals surface area contributed by atoms with E-state index in [2.05, 4.69) is 0 Å². The number of hydrogen-bond donors (Lipinski definition) is 0. The molecule has 0 saturated carbocycles. The van der Waals surface area contributed by atoms with Crippen molar-refractivity contribution >= 4 is 0 Å². The Morgan fingerprint density at radius 3 is 2.22 bits per heavy atom. The molecular weight excluding hydrogens is 241 g/mol. The molecule has 18 heavy (non-hydrogen) atoms. The Balaban J connectivity index is 2.39. The van der Waals surface area contributed by atoms with Crippen molar-refractivity contribution in [1.82, 2.24) is 0 Å². The molecule has 0 aromatic heterocycles. The van der Waals surface area contributed by atoms with Gasteiger partial charge in [-0.2, -0.15) is 13.2 Å². The summed E-state index contributed by atoms with van der Waals surface area (Å²) in [6, 6.07) is 12.4. The maximum atomic E-state index is 12.9. The van der Waals surface area contributed by atoms with Gasteiger partial charge in [0.05, 0.1) is 5.56 Å². The fraction of sp³-hybridized carbons (Fsp3) is 0.143. The molecule has 94 valence electrons. The van der Waals surface area contributed by atoms with E-state index in [1.165, 1.54) is 6.07 Å². The van der Waals surface area contributed by atoms with Crippen molar-refractivity contribution in [2.45, 2.75) is 13.1 Å². The topological polar surface area (TPSA) is 9.23 Å². The number of aryl methyl sites for hydroxylation is 1. The number of ether oxygens (including phenoxy) is 1. The van der Waals surface area contributed by atoms with Crippen LogP contribution in [0.5, 0.6) is 11.5 Å². The van der Waals surface area contributed by atoms with E-state index < -0.39 is 11.7 Å². The van der Waals surface area contributed by atoms with Crippen LogP contribution in [0.3, 0.4) is 0 Å². The number of benzene rings is 2. The summed E-state index contributed by atoms with van der Waals surface area (Å²) in [6.45, 7) is 1.61. The molecule has 2 aromatic carbocycles. The molecule has 2 aromatic rings. The van der Waals surface area contributed by atoms with Gasteiger partial charge < -0.3 is 4.74 Å². The second kappa shape index (κ2) is 4.72. The van der Waals surface area contributed by atoms with Gasteiger partial charge in [0.1, 0.15) is 11.5 Å². The smallest absolute Gasteiger partial charge is 0.419 e. The zero-order chi connectivity index (χ0) is 13.2. The van der Waals surface area contributed by atoms with Crippen LogP contribution in [0.25, 0.3) is 0 Å². The monoisotopic (exact) mass is 252 g/mol. The predicted molar refractivity (Wildman–Crippen MR) is 62.7 cm³/mol. The minimum atomic E-state index is -4.42. The molecule has 0 fully saturated rings. The van der Waals surface area contributed by atoms with E-state index in [1.54, 1.807) is 43.3 Å². The highest BCUT2D eigenvalue weighted by Gasteiger charge is 2.34. The van der Waals surface area contributed by atoms with Gasteiger partial charge >= 0.3 is 6.18 Å². The average Bonchev–Trinajstić information content (AvgIpc) is 2.31. The summed E-state index contributed by atoms with van der Waals surface area (Å²) < 4.78 is 43.8. The average molecular weight is 252 g/mol.